The highest BCUT2D eigenvalue weighted by atomic mass is 35.5. The number of carbonyl (C=O) groups excluding carboxylic acids is 1. The summed E-state index contributed by atoms with van der Waals surface area (Å²) in [5.41, 5.74) is 0.969. The van der Waals surface area contributed by atoms with Crippen LogP contribution < -0.4 is 5.32 Å². The van der Waals surface area contributed by atoms with Crippen LogP contribution in [0.3, 0.4) is 0 Å². The van der Waals surface area contributed by atoms with Gasteiger partial charge >= 0.3 is 0 Å². The number of tetrazole rings is 1. The first-order valence-electron chi connectivity index (χ1n) is 5.96. The van der Waals surface area contributed by atoms with Gasteiger partial charge in [0.1, 0.15) is 0 Å². The van der Waals surface area contributed by atoms with Crippen LogP contribution in [-0.4, -0.2) is 31.9 Å². The standard InChI is InChI=1S/C12H14ClN5OS/c1-8(9-4-3-5-10(13)6-9)14-11(19)7-20-12-15-16-17-18(12)2/h3-6,8H,7H2,1-2H3,(H,14,19). The molecular formula is C12H14ClN5OS. The molecule has 0 saturated carbocycles. The number of carbonyl (C=O) groups is 1. The molecule has 1 amide bonds. The lowest BCUT2D eigenvalue weighted by molar-refractivity contribution is -0.119. The van der Waals surface area contributed by atoms with Crippen LogP contribution >= 0.6 is 23.4 Å². The number of rotatable bonds is 5. The Labute approximate surface area is 125 Å². The highest BCUT2D eigenvalue weighted by Crippen LogP contribution is 2.18. The number of nitrogens with zero attached hydrogens (tertiary/aromatic N) is 4. The number of hydrogen-bond donors (Lipinski definition) is 1. The number of halogens is 1. The number of benzene rings is 1. The molecule has 8 heteroatoms. The average molecular weight is 312 g/mol. The molecule has 0 spiro atoms. The van der Waals surface area contributed by atoms with Gasteiger partial charge in [0.25, 0.3) is 0 Å². The zero-order chi connectivity index (χ0) is 14.5. The first-order valence-corrected chi connectivity index (χ1v) is 7.32. The average Bonchev–Trinajstić information content (AvgIpc) is 2.82. The van der Waals surface area contributed by atoms with Gasteiger partial charge in [-0.2, -0.15) is 0 Å². The topological polar surface area (TPSA) is 72.7 Å². The Morgan fingerprint density at radius 1 is 1.55 bits per heavy atom. The van der Waals surface area contributed by atoms with Crippen LogP contribution in [0.2, 0.25) is 5.02 Å². The molecule has 0 radical (unpaired) electrons. The lowest BCUT2D eigenvalue weighted by atomic mass is 10.1. The van der Waals surface area contributed by atoms with Crippen LogP contribution in [0.4, 0.5) is 0 Å². The Morgan fingerprint density at radius 2 is 2.35 bits per heavy atom. The maximum absolute atomic E-state index is 11.9. The summed E-state index contributed by atoms with van der Waals surface area (Å²) in [6.07, 6.45) is 0. The molecule has 0 fully saturated rings. The van der Waals surface area contributed by atoms with Crippen molar-refractivity contribution < 1.29 is 4.79 Å². The van der Waals surface area contributed by atoms with Gasteiger partial charge in [-0.25, -0.2) is 4.68 Å². The molecule has 0 saturated heterocycles. The quantitative estimate of drug-likeness (QED) is 0.853. The van der Waals surface area contributed by atoms with Gasteiger partial charge in [-0.3, -0.25) is 4.79 Å². The maximum Gasteiger partial charge on any atom is 0.230 e. The van der Waals surface area contributed by atoms with E-state index in [0.717, 1.165) is 5.56 Å². The van der Waals surface area contributed by atoms with Crippen molar-refractivity contribution in [1.29, 1.82) is 0 Å². The molecule has 0 aliphatic heterocycles. The monoisotopic (exact) mass is 311 g/mol. The molecule has 1 atom stereocenters. The van der Waals surface area contributed by atoms with E-state index < -0.39 is 0 Å². The van der Waals surface area contributed by atoms with Gasteiger partial charge in [-0.15, -0.1) is 5.10 Å². The maximum atomic E-state index is 11.9. The van der Waals surface area contributed by atoms with Crippen LogP contribution in [0.25, 0.3) is 0 Å². The van der Waals surface area contributed by atoms with Gasteiger partial charge < -0.3 is 5.32 Å². The number of aryl methyl sites for hydroxylation is 1. The highest BCUT2D eigenvalue weighted by Gasteiger charge is 2.12. The van der Waals surface area contributed by atoms with Gasteiger partial charge in [0.15, 0.2) is 0 Å². The SMILES string of the molecule is CC(NC(=O)CSc1nnnn1C)c1cccc(Cl)c1. The number of aromatic nitrogens is 4. The first-order chi connectivity index (χ1) is 9.56. The summed E-state index contributed by atoms with van der Waals surface area (Å²) in [4.78, 5) is 11.9. The van der Waals surface area contributed by atoms with Crippen LogP contribution in [0.15, 0.2) is 29.4 Å². The van der Waals surface area contributed by atoms with E-state index in [1.807, 2.05) is 25.1 Å². The molecule has 0 bridgehead atoms. The Kier molecular flexibility index (Phi) is 4.97. The normalized spacial score (nSPS) is 12.2. The zero-order valence-corrected chi connectivity index (χ0v) is 12.6. The Bertz CT molecular complexity index is 603. The van der Waals surface area contributed by atoms with Crippen molar-refractivity contribution in [3.63, 3.8) is 0 Å². The minimum atomic E-state index is -0.0978. The predicted octanol–water partition coefficient (Wildman–Crippen LogP) is 1.83. The molecule has 1 heterocycles. The summed E-state index contributed by atoms with van der Waals surface area (Å²) in [6, 6.07) is 7.33. The number of amides is 1. The van der Waals surface area contributed by atoms with Gasteiger partial charge in [0.05, 0.1) is 11.8 Å². The lowest BCUT2D eigenvalue weighted by Crippen LogP contribution is -2.28. The first kappa shape index (κ1) is 14.8. The lowest BCUT2D eigenvalue weighted by Gasteiger charge is -2.14. The highest BCUT2D eigenvalue weighted by molar-refractivity contribution is 7.99. The Morgan fingerprint density at radius 3 is 3.00 bits per heavy atom. The predicted molar refractivity (Wildman–Crippen MR) is 77.5 cm³/mol. The number of hydrogen-bond acceptors (Lipinski definition) is 5. The fraction of sp³-hybridized carbons (Fsp3) is 0.333. The minimum absolute atomic E-state index is 0.0783. The molecule has 1 aromatic heterocycles. The Balaban J connectivity index is 1.87. The zero-order valence-electron chi connectivity index (χ0n) is 11.1. The van der Waals surface area contributed by atoms with Gasteiger partial charge in [-0.1, -0.05) is 35.5 Å². The van der Waals surface area contributed by atoms with Crippen LogP contribution in [0, 0.1) is 0 Å². The number of thioether (sulfide) groups is 1. The fourth-order valence-corrected chi connectivity index (χ4v) is 2.48. The second kappa shape index (κ2) is 6.71. The van der Waals surface area contributed by atoms with Crippen molar-refractivity contribution in [3.05, 3.63) is 34.9 Å². The summed E-state index contributed by atoms with van der Waals surface area (Å²) in [7, 11) is 1.73. The van der Waals surface area contributed by atoms with Gasteiger partial charge in [0, 0.05) is 12.1 Å². The molecule has 2 aromatic rings. The summed E-state index contributed by atoms with van der Waals surface area (Å²) in [5.74, 6) is 0.185. The van der Waals surface area contributed by atoms with E-state index in [1.54, 1.807) is 13.1 Å². The second-order valence-corrected chi connectivity index (χ2v) is 5.60. The summed E-state index contributed by atoms with van der Waals surface area (Å²) < 4.78 is 1.53. The molecule has 0 aliphatic rings. The summed E-state index contributed by atoms with van der Waals surface area (Å²) in [6.45, 7) is 1.91. The van der Waals surface area contributed by atoms with E-state index in [-0.39, 0.29) is 17.7 Å². The van der Waals surface area contributed by atoms with E-state index in [9.17, 15) is 4.79 Å². The molecular weight excluding hydrogens is 298 g/mol. The van der Waals surface area contributed by atoms with Gasteiger partial charge in [0.2, 0.25) is 11.1 Å². The second-order valence-electron chi connectivity index (χ2n) is 4.22. The number of nitrogens with one attached hydrogen (secondary N) is 1. The van der Waals surface area contributed by atoms with Gasteiger partial charge in [-0.05, 0) is 35.0 Å². The Hall–Kier alpha value is -1.60. The molecule has 20 heavy (non-hydrogen) atoms. The largest absolute Gasteiger partial charge is 0.349 e. The van der Waals surface area contributed by atoms with Crippen LogP contribution in [0.1, 0.15) is 18.5 Å². The van der Waals surface area contributed by atoms with E-state index in [2.05, 4.69) is 20.8 Å². The molecule has 0 aliphatic carbocycles. The summed E-state index contributed by atoms with van der Waals surface area (Å²) in [5, 5.41) is 15.2. The van der Waals surface area contributed by atoms with Crippen LogP contribution in [-0.2, 0) is 11.8 Å². The van der Waals surface area contributed by atoms with Crippen molar-refractivity contribution in [2.75, 3.05) is 5.75 Å². The smallest absolute Gasteiger partial charge is 0.230 e. The molecule has 6 nitrogen and oxygen atoms in total. The molecule has 106 valence electrons. The van der Waals surface area contributed by atoms with Crippen molar-refractivity contribution in [3.8, 4) is 0 Å². The minimum Gasteiger partial charge on any atom is -0.349 e. The van der Waals surface area contributed by atoms with Crippen molar-refractivity contribution >= 4 is 29.3 Å². The van der Waals surface area contributed by atoms with Crippen molar-refractivity contribution in [1.82, 2.24) is 25.5 Å². The van der Waals surface area contributed by atoms with Crippen molar-refractivity contribution in [2.24, 2.45) is 7.05 Å². The van der Waals surface area contributed by atoms with E-state index >= 15 is 0 Å². The van der Waals surface area contributed by atoms with Crippen LogP contribution in [0.5, 0.6) is 0 Å². The van der Waals surface area contributed by atoms with E-state index in [4.69, 9.17) is 11.6 Å². The molecule has 1 N–H and O–H groups in total. The van der Waals surface area contributed by atoms with E-state index in [0.29, 0.717) is 10.2 Å². The third-order valence-corrected chi connectivity index (χ3v) is 3.89. The molecule has 1 aromatic carbocycles. The van der Waals surface area contributed by atoms with E-state index in [1.165, 1.54) is 16.4 Å². The summed E-state index contributed by atoms with van der Waals surface area (Å²) >= 11 is 7.22. The third kappa shape index (κ3) is 3.94. The van der Waals surface area contributed by atoms with Crippen molar-refractivity contribution in [2.45, 2.75) is 18.1 Å². The molecule has 1 unspecified atom stereocenters. The fourth-order valence-electron chi connectivity index (χ4n) is 1.62. The third-order valence-electron chi connectivity index (χ3n) is 2.64. The molecule has 2 rings (SSSR count).